The Labute approximate surface area is 145 Å². The van der Waals surface area contributed by atoms with Gasteiger partial charge < -0.3 is 24.8 Å². The molecule has 0 unspecified atom stereocenters. The zero-order chi connectivity index (χ0) is 18.2. The lowest BCUT2D eigenvalue weighted by Gasteiger charge is -2.09. The van der Waals surface area contributed by atoms with Crippen LogP contribution in [0, 0.1) is 0 Å². The van der Waals surface area contributed by atoms with Gasteiger partial charge in [0, 0.05) is 11.1 Å². The van der Waals surface area contributed by atoms with E-state index in [0.717, 1.165) is 0 Å². The molecule has 2 N–H and O–H groups in total. The summed E-state index contributed by atoms with van der Waals surface area (Å²) in [5.41, 5.74) is 7.11. The minimum atomic E-state index is -0.548. The molecule has 0 spiro atoms. The largest absolute Gasteiger partial charge is 0.496 e. The molecule has 0 saturated heterocycles. The van der Waals surface area contributed by atoms with Crippen molar-refractivity contribution in [1.82, 2.24) is 0 Å². The van der Waals surface area contributed by atoms with E-state index in [-0.39, 0.29) is 12.3 Å². The van der Waals surface area contributed by atoms with Gasteiger partial charge in [-0.05, 0) is 24.3 Å². The number of methoxy groups -OCH3 is 3. The summed E-state index contributed by atoms with van der Waals surface area (Å²) in [6, 6.07) is 12.2. The lowest BCUT2D eigenvalue weighted by molar-refractivity contribution is -0.142. The van der Waals surface area contributed by atoms with E-state index in [9.17, 15) is 4.79 Å². The van der Waals surface area contributed by atoms with Crippen LogP contribution in [0.4, 0.5) is 0 Å². The molecule has 0 radical (unpaired) electrons. The Hall–Kier alpha value is -3.22. The maximum Gasteiger partial charge on any atom is 0.339 e. The van der Waals surface area contributed by atoms with E-state index in [4.69, 9.17) is 24.8 Å². The highest BCUT2D eigenvalue weighted by Gasteiger charge is 2.11. The van der Waals surface area contributed by atoms with E-state index in [0.29, 0.717) is 28.4 Å². The Morgan fingerprint density at radius 2 is 1.64 bits per heavy atom. The third kappa shape index (κ3) is 4.63. The predicted molar refractivity (Wildman–Crippen MR) is 93.1 cm³/mol. The highest BCUT2D eigenvalue weighted by atomic mass is 16.7. The molecule has 0 aliphatic rings. The summed E-state index contributed by atoms with van der Waals surface area (Å²) in [6.07, 6.45) is 0.0206. The number of rotatable bonds is 7. The Balaban J connectivity index is 2.06. The smallest absolute Gasteiger partial charge is 0.339 e. The molecule has 0 heterocycles. The lowest BCUT2D eigenvalue weighted by atomic mass is 10.1. The summed E-state index contributed by atoms with van der Waals surface area (Å²) in [7, 11) is 4.59. The van der Waals surface area contributed by atoms with Crippen LogP contribution in [0.15, 0.2) is 47.6 Å². The van der Waals surface area contributed by atoms with Gasteiger partial charge in [0.25, 0.3) is 0 Å². The molecule has 7 heteroatoms. The molecule has 0 aromatic heterocycles. The van der Waals surface area contributed by atoms with Crippen molar-refractivity contribution in [3.63, 3.8) is 0 Å². The SMILES string of the molecule is COc1ccccc1CC(=O)O/N=C(/N)c1ccc(OC)c(OC)c1. The van der Waals surface area contributed by atoms with Gasteiger partial charge in [-0.15, -0.1) is 0 Å². The summed E-state index contributed by atoms with van der Waals surface area (Å²) in [5, 5.41) is 3.68. The predicted octanol–water partition coefficient (Wildman–Crippen LogP) is 2.12. The van der Waals surface area contributed by atoms with Crippen LogP contribution in [-0.4, -0.2) is 33.1 Å². The van der Waals surface area contributed by atoms with Gasteiger partial charge in [-0.25, -0.2) is 4.79 Å². The van der Waals surface area contributed by atoms with Gasteiger partial charge in [0.1, 0.15) is 5.75 Å². The molecular weight excluding hydrogens is 324 g/mol. The number of carbonyl (C=O) groups is 1. The average molecular weight is 344 g/mol. The van der Waals surface area contributed by atoms with Gasteiger partial charge >= 0.3 is 5.97 Å². The van der Waals surface area contributed by atoms with Crippen LogP contribution in [0.3, 0.4) is 0 Å². The van der Waals surface area contributed by atoms with Gasteiger partial charge in [-0.1, -0.05) is 23.4 Å². The highest BCUT2D eigenvalue weighted by molar-refractivity contribution is 5.98. The second-order valence-electron chi connectivity index (χ2n) is 5.00. The monoisotopic (exact) mass is 344 g/mol. The van der Waals surface area contributed by atoms with Crippen molar-refractivity contribution in [2.75, 3.05) is 21.3 Å². The zero-order valence-electron chi connectivity index (χ0n) is 14.3. The van der Waals surface area contributed by atoms with Crippen LogP contribution in [0.2, 0.25) is 0 Å². The van der Waals surface area contributed by atoms with Crippen LogP contribution >= 0.6 is 0 Å². The van der Waals surface area contributed by atoms with Gasteiger partial charge in [0.05, 0.1) is 27.8 Å². The first-order valence-corrected chi connectivity index (χ1v) is 7.46. The molecule has 0 atom stereocenters. The number of para-hydroxylation sites is 1. The minimum Gasteiger partial charge on any atom is -0.496 e. The van der Waals surface area contributed by atoms with Crippen LogP contribution in [0.5, 0.6) is 17.2 Å². The van der Waals surface area contributed by atoms with E-state index in [2.05, 4.69) is 5.16 Å². The molecule has 2 aromatic carbocycles. The number of hydrogen-bond donors (Lipinski definition) is 1. The van der Waals surface area contributed by atoms with Crippen molar-refractivity contribution in [3.8, 4) is 17.2 Å². The first-order chi connectivity index (χ1) is 12.1. The van der Waals surface area contributed by atoms with Crippen molar-refractivity contribution < 1.29 is 23.8 Å². The van der Waals surface area contributed by atoms with Crippen LogP contribution in [0.1, 0.15) is 11.1 Å². The molecule has 0 aliphatic carbocycles. The van der Waals surface area contributed by atoms with E-state index in [1.807, 2.05) is 12.1 Å². The van der Waals surface area contributed by atoms with E-state index in [1.165, 1.54) is 21.3 Å². The Kier molecular flexibility index (Phi) is 6.22. The Morgan fingerprint density at radius 1 is 0.960 bits per heavy atom. The summed E-state index contributed by atoms with van der Waals surface area (Å²) in [6.45, 7) is 0. The molecule has 0 saturated carbocycles. The number of carbonyl (C=O) groups excluding carboxylic acids is 1. The fourth-order valence-corrected chi connectivity index (χ4v) is 2.19. The highest BCUT2D eigenvalue weighted by Crippen LogP contribution is 2.27. The Bertz CT molecular complexity index is 774. The van der Waals surface area contributed by atoms with E-state index >= 15 is 0 Å². The van der Waals surface area contributed by atoms with Gasteiger partial charge in [0.2, 0.25) is 0 Å². The summed E-state index contributed by atoms with van der Waals surface area (Å²) in [5.74, 6) is 1.17. The van der Waals surface area contributed by atoms with Crippen LogP contribution in [-0.2, 0) is 16.1 Å². The molecule has 7 nitrogen and oxygen atoms in total. The Morgan fingerprint density at radius 3 is 2.32 bits per heavy atom. The number of oxime groups is 1. The van der Waals surface area contributed by atoms with Crippen molar-refractivity contribution in [3.05, 3.63) is 53.6 Å². The second kappa shape index (κ2) is 8.58. The molecular formula is C18H20N2O5. The molecule has 25 heavy (non-hydrogen) atoms. The number of ether oxygens (including phenoxy) is 3. The molecule has 0 aliphatic heterocycles. The number of amidine groups is 1. The molecule has 132 valence electrons. The zero-order valence-corrected chi connectivity index (χ0v) is 14.3. The van der Waals surface area contributed by atoms with Crippen molar-refractivity contribution in [2.24, 2.45) is 10.9 Å². The first-order valence-electron chi connectivity index (χ1n) is 7.46. The summed E-state index contributed by atoms with van der Waals surface area (Å²) in [4.78, 5) is 16.8. The van der Waals surface area contributed by atoms with Gasteiger partial charge in [0.15, 0.2) is 17.3 Å². The molecule has 0 bridgehead atoms. The number of benzene rings is 2. The average Bonchev–Trinajstić information content (AvgIpc) is 2.65. The van der Waals surface area contributed by atoms with Crippen LogP contribution in [0.25, 0.3) is 0 Å². The maximum absolute atomic E-state index is 12.0. The number of nitrogens with two attached hydrogens (primary N) is 1. The fourth-order valence-electron chi connectivity index (χ4n) is 2.19. The van der Waals surface area contributed by atoms with Gasteiger partial charge in [-0.3, -0.25) is 0 Å². The quantitative estimate of drug-likeness (QED) is 0.358. The second-order valence-corrected chi connectivity index (χ2v) is 5.00. The van der Waals surface area contributed by atoms with Crippen LogP contribution < -0.4 is 19.9 Å². The summed E-state index contributed by atoms with van der Waals surface area (Å²) >= 11 is 0. The maximum atomic E-state index is 12.0. The lowest BCUT2D eigenvalue weighted by Crippen LogP contribution is -2.16. The third-order valence-electron chi connectivity index (χ3n) is 3.45. The molecule has 2 aromatic rings. The minimum absolute atomic E-state index is 0.0206. The van der Waals surface area contributed by atoms with Crippen molar-refractivity contribution in [2.45, 2.75) is 6.42 Å². The van der Waals surface area contributed by atoms with Gasteiger partial charge in [-0.2, -0.15) is 0 Å². The van der Waals surface area contributed by atoms with Crippen molar-refractivity contribution in [1.29, 1.82) is 0 Å². The summed E-state index contributed by atoms with van der Waals surface area (Å²) < 4.78 is 15.5. The van der Waals surface area contributed by atoms with E-state index in [1.54, 1.807) is 30.3 Å². The normalized spacial score (nSPS) is 10.9. The number of hydrogen-bond acceptors (Lipinski definition) is 6. The standard InChI is InChI=1S/C18H20N2O5/c1-22-14-7-5-4-6-12(14)11-17(21)25-20-18(19)13-8-9-15(23-2)16(10-13)24-3/h4-10H,11H2,1-3H3,(H2,19,20). The van der Waals surface area contributed by atoms with Crippen molar-refractivity contribution >= 4 is 11.8 Å². The number of nitrogens with zero attached hydrogens (tertiary/aromatic N) is 1. The third-order valence-corrected chi connectivity index (χ3v) is 3.45. The molecule has 0 amide bonds. The fraction of sp³-hybridized carbons (Fsp3) is 0.222. The van der Waals surface area contributed by atoms with E-state index < -0.39 is 5.97 Å². The first kappa shape index (κ1) is 18.1. The molecule has 0 fully saturated rings. The molecule has 2 rings (SSSR count). The topological polar surface area (TPSA) is 92.4 Å².